The fourth-order valence-corrected chi connectivity index (χ4v) is 5.97. The zero-order valence-electron chi connectivity index (χ0n) is 22.3. The van der Waals surface area contributed by atoms with Crippen molar-refractivity contribution in [3.8, 4) is 0 Å². The molecule has 0 atom stereocenters. The minimum atomic E-state index is -0.379. The number of fused-ring (bicyclic) bond motifs is 3. The molecule has 4 heterocycles. The van der Waals surface area contributed by atoms with Crippen molar-refractivity contribution in [3.05, 3.63) is 65.2 Å². The number of nitrogens with zero attached hydrogens (tertiary/aromatic N) is 5. The molecule has 38 heavy (non-hydrogen) atoms. The third-order valence-corrected chi connectivity index (χ3v) is 8.32. The zero-order valence-corrected chi connectivity index (χ0v) is 22.3. The van der Waals surface area contributed by atoms with Crippen molar-refractivity contribution in [1.29, 1.82) is 0 Å². The molecule has 196 valence electrons. The van der Waals surface area contributed by atoms with Crippen LogP contribution in [0.4, 0.5) is 0 Å². The fraction of sp³-hybridized carbons (Fsp3) is 0.433. The van der Waals surface area contributed by atoms with Crippen molar-refractivity contribution in [2.24, 2.45) is 16.3 Å². The first-order chi connectivity index (χ1) is 18.5. The summed E-state index contributed by atoms with van der Waals surface area (Å²) in [5.74, 6) is 0.400. The average Bonchev–Trinajstić information content (AvgIpc) is 3.55. The summed E-state index contributed by atoms with van der Waals surface area (Å²) in [4.78, 5) is 22.5. The van der Waals surface area contributed by atoms with Crippen LogP contribution in [0.15, 0.2) is 47.7 Å². The van der Waals surface area contributed by atoms with Gasteiger partial charge in [-0.1, -0.05) is 30.3 Å². The molecule has 0 bridgehead atoms. The number of H-pyrrole nitrogens is 1. The number of aliphatic imine (C=N–C) groups is 1. The Morgan fingerprint density at radius 2 is 1.95 bits per heavy atom. The van der Waals surface area contributed by atoms with E-state index in [0.717, 1.165) is 89.9 Å². The molecule has 3 aromatic heterocycles. The van der Waals surface area contributed by atoms with E-state index < -0.39 is 0 Å². The van der Waals surface area contributed by atoms with Gasteiger partial charge in [-0.3, -0.25) is 14.9 Å². The number of allylic oxidation sites excluding steroid dienone is 1. The number of aryl methyl sites for hydroxylation is 1. The summed E-state index contributed by atoms with van der Waals surface area (Å²) in [6.45, 7) is 6.39. The molecule has 6 rings (SSSR count). The molecule has 0 amide bonds. The van der Waals surface area contributed by atoms with Gasteiger partial charge < -0.3 is 4.74 Å². The SMILES string of the molecule is CCOC(=O)C1(C)CCC(Cc2nc3c(C4=CN=C(c5ccccc5)CC4)cnn3c3n[nH]c(C)c23)CC1. The Labute approximate surface area is 222 Å². The lowest BCUT2D eigenvalue weighted by Gasteiger charge is -2.35. The van der Waals surface area contributed by atoms with Crippen LogP contribution < -0.4 is 0 Å². The summed E-state index contributed by atoms with van der Waals surface area (Å²) >= 11 is 0. The smallest absolute Gasteiger partial charge is 0.311 e. The Morgan fingerprint density at radius 1 is 1.16 bits per heavy atom. The molecule has 0 unspecified atom stereocenters. The predicted molar refractivity (Wildman–Crippen MR) is 148 cm³/mol. The van der Waals surface area contributed by atoms with E-state index in [1.807, 2.05) is 43.7 Å². The molecule has 4 aromatic rings. The highest BCUT2D eigenvalue weighted by molar-refractivity contribution is 6.03. The van der Waals surface area contributed by atoms with Gasteiger partial charge in [-0.2, -0.15) is 14.7 Å². The molecular formula is C30H34N6O2. The van der Waals surface area contributed by atoms with Gasteiger partial charge in [-0.05, 0) is 82.8 Å². The van der Waals surface area contributed by atoms with Crippen LogP contribution in [0.3, 0.4) is 0 Å². The van der Waals surface area contributed by atoms with E-state index in [0.29, 0.717) is 12.5 Å². The van der Waals surface area contributed by atoms with E-state index in [-0.39, 0.29) is 11.4 Å². The lowest BCUT2D eigenvalue weighted by Crippen LogP contribution is -2.34. The predicted octanol–water partition coefficient (Wildman–Crippen LogP) is 5.84. The summed E-state index contributed by atoms with van der Waals surface area (Å²) in [7, 11) is 0. The van der Waals surface area contributed by atoms with Gasteiger partial charge >= 0.3 is 5.97 Å². The molecule has 2 aliphatic rings. The number of hydrogen-bond acceptors (Lipinski definition) is 6. The summed E-state index contributed by atoms with van der Waals surface area (Å²) in [6, 6.07) is 10.3. The Hall–Kier alpha value is -3.81. The van der Waals surface area contributed by atoms with E-state index in [4.69, 9.17) is 14.7 Å². The second-order valence-corrected chi connectivity index (χ2v) is 10.9. The molecular weight excluding hydrogens is 476 g/mol. The minimum absolute atomic E-state index is 0.0613. The summed E-state index contributed by atoms with van der Waals surface area (Å²) in [5, 5.41) is 13.5. The second-order valence-electron chi connectivity index (χ2n) is 10.9. The van der Waals surface area contributed by atoms with Crippen LogP contribution in [-0.2, 0) is 16.0 Å². The highest BCUT2D eigenvalue weighted by Gasteiger charge is 2.39. The standard InChI is InChI=1S/C30H34N6O2/c1-4-38-29(37)30(3)14-12-20(13-15-30)16-25-26-19(2)34-35-28(26)36-27(33-25)23(18-32-36)22-10-11-24(31-17-22)21-8-6-5-7-9-21/h5-9,17-18,20H,4,10-16H2,1-3H3,(H,34,35). The monoisotopic (exact) mass is 510 g/mol. The van der Waals surface area contributed by atoms with Crippen LogP contribution in [0.25, 0.3) is 22.3 Å². The van der Waals surface area contributed by atoms with E-state index in [1.165, 1.54) is 5.56 Å². The number of rotatable bonds is 6. The van der Waals surface area contributed by atoms with Crippen molar-refractivity contribution in [3.63, 3.8) is 0 Å². The number of carbonyl (C=O) groups excluding carboxylic acids is 1. The fourth-order valence-electron chi connectivity index (χ4n) is 5.97. The Balaban J connectivity index is 1.31. The number of carbonyl (C=O) groups is 1. The largest absolute Gasteiger partial charge is 0.466 e. The molecule has 1 aromatic carbocycles. The van der Waals surface area contributed by atoms with Crippen LogP contribution in [0.2, 0.25) is 0 Å². The Bertz CT molecular complexity index is 1550. The molecule has 0 spiro atoms. The van der Waals surface area contributed by atoms with Gasteiger partial charge in [0.2, 0.25) is 0 Å². The molecule has 0 saturated heterocycles. The van der Waals surface area contributed by atoms with Crippen molar-refractivity contribution < 1.29 is 9.53 Å². The molecule has 1 fully saturated rings. The Morgan fingerprint density at radius 3 is 2.66 bits per heavy atom. The lowest BCUT2D eigenvalue weighted by atomic mass is 9.70. The average molecular weight is 511 g/mol. The van der Waals surface area contributed by atoms with E-state index in [9.17, 15) is 4.79 Å². The minimum Gasteiger partial charge on any atom is -0.466 e. The van der Waals surface area contributed by atoms with Crippen LogP contribution in [0.1, 0.15) is 74.9 Å². The lowest BCUT2D eigenvalue weighted by molar-refractivity contribution is -0.156. The molecule has 1 saturated carbocycles. The highest BCUT2D eigenvalue weighted by atomic mass is 16.5. The normalized spacial score (nSPS) is 21.9. The first-order valence-corrected chi connectivity index (χ1v) is 13.7. The first kappa shape index (κ1) is 24.5. The van der Waals surface area contributed by atoms with Gasteiger partial charge in [0.25, 0.3) is 0 Å². The van der Waals surface area contributed by atoms with Gasteiger partial charge in [0.05, 0.1) is 29.3 Å². The second kappa shape index (κ2) is 9.82. The third-order valence-electron chi connectivity index (χ3n) is 8.32. The first-order valence-electron chi connectivity index (χ1n) is 13.7. The van der Waals surface area contributed by atoms with Gasteiger partial charge in [-0.25, -0.2) is 4.98 Å². The maximum atomic E-state index is 12.5. The number of nitrogens with one attached hydrogen (secondary N) is 1. The Kier molecular flexibility index (Phi) is 6.33. The van der Waals surface area contributed by atoms with Crippen LogP contribution >= 0.6 is 0 Å². The number of hydrogen-bond donors (Lipinski definition) is 1. The maximum absolute atomic E-state index is 12.5. The van der Waals surface area contributed by atoms with Crippen molar-refractivity contribution in [2.75, 3.05) is 6.61 Å². The van der Waals surface area contributed by atoms with Crippen LogP contribution in [-0.4, -0.2) is 43.1 Å². The number of benzene rings is 1. The van der Waals surface area contributed by atoms with Gasteiger partial charge in [0, 0.05) is 23.2 Å². The zero-order chi connectivity index (χ0) is 26.3. The molecule has 1 aliphatic carbocycles. The third kappa shape index (κ3) is 4.31. The number of esters is 1. The van der Waals surface area contributed by atoms with Crippen molar-refractivity contribution >= 4 is 33.9 Å². The van der Waals surface area contributed by atoms with Gasteiger partial charge in [-0.15, -0.1) is 0 Å². The summed E-state index contributed by atoms with van der Waals surface area (Å²) < 4.78 is 7.21. The number of aromatic amines is 1. The topological polar surface area (TPSA) is 97.5 Å². The summed E-state index contributed by atoms with van der Waals surface area (Å²) in [6.07, 6.45) is 10.1. The molecule has 1 N–H and O–H groups in total. The van der Waals surface area contributed by atoms with Gasteiger partial charge in [0.1, 0.15) is 0 Å². The molecule has 0 radical (unpaired) electrons. The number of ether oxygens (including phenoxy) is 1. The molecule has 1 aliphatic heterocycles. The van der Waals surface area contributed by atoms with Gasteiger partial charge in [0.15, 0.2) is 11.3 Å². The van der Waals surface area contributed by atoms with Crippen molar-refractivity contribution in [1.82, 2.24) is 24.8 Å². The van der Waals surface area contributed by atoms with E-state index in [1.54, 1.807) is 0 Å². The van der Waals surface area contributed by atoms with Crippen LogP contribution in [0.5, 0.6) is 0 Å². The van der Waals surface area contributed by atoms with E-state index >= 15 is 0 Å². The molecule has 8 nitrogen and oxygen atoms in total. The summed E-state index contributed by atoms with van der Waals surface area (Å²) in [5.41, 5.74) is 7.76. The molecule has 8 heteroatoms. The quantitative estimate of drug-likeness (QED) is 0.329. The van der Waals surface area contributed by atoms with E-state index in [2.05, 4.69) is 39.6 Å². The van der Waals surface area contributed by atoms with Crippen molar-refractivity contribution in [2.45, 2.75) is 65.7 Å². The maximum Gasteiger partial charge on any atom is 0.311 e. The number of aromatic nitrogens is 5. The highest BCUT2D eigenvalue weighted by Crippen LogP contribution is 2.41. The van der Waals surface area contributed by atoms with Crippen LogP contribution in [0, 0.1) is 18.3 Å².